The van der Waals surface area contributed by atoms with Crippen molar-refractivity contribution < 1.29 is 21.1 Å². The van der Waals surface area contributed by atoms with E-state index in [9.17, 15) is 0 Å². The van der Waals surface area contributed by atoms with Crippen molar-refractivity contribution >= 4 is 0 Å². The number of benzene rings is 1. The van der Waals surface area contributed by atoms with Crippen LogP contribution < -0.4 is 0 Å². The molecule has 0 bridgehead atoms. The van der Waals surface area contributed by atoms with E-state index in [2.05, 4.69) is 22.6 Å². The summed E-state index contributed by atoms with van der Waals surface area (Å²) in [5.41, 5.74) is 2.86. The molecule has 2 rings (SSSR count). The van der Waals surface area contributed by atoms with E-state index in [4.69, 9.17) is 0 Å². The maximum atomic E-state index is 3.94. The zero-order chi connectivity index (χ0) is 9.26. The van der Waals surface area contributed by atoms with E-state index in [1.807, 2.05) is 25.1 Å². The van der Waals surface area contributed by atoms with Gasteiger partial charge in [-0.3, -0.25) is 5.56 Å². The van der Waals surface area contributed by atoms with Crippen LogP contribution in [0.25, 0.3) is 11.3 Å². The van der Waals surface area contributed by atoms with Crippen LogP contribution in [0, 0.1) is 19.2 Å². The first kappa shape index (κ1) is 11.1. The topological polar surface area (TPSA) is 30.7 Å². The Labute approximate surface area is 97.4 Å². The third kappa shape index (κ3) is 2.29. The summed E-state index contributed by atoms with van der Waals surface area (Å²) in [6.07, 6.45) is 2.97. The summed E-state index contributed by atoms with van der Waals surface area (Å²) in [6, 6.07) is 9.04. The molecule has 0 aliphatic heterocycles. The van der Waals surface area contributed by atoms with Crippen LogP contribution >= 0.6 is 0 Å². The molecule has 0 aliphatic carbocycles. The second-order valence-electron chi connectivity index (χ2n) is 2.95. The van der Waals surface area contributed by atoms with Gasteiger partial charge in [0.25, 0.3) is 0 Å². The van der Waals surface area contributed by atoms with Gasteiger partial charge in [-0.15, -0.1) is 11.3 Å². The third-order valence-corrected chi connectivity index (χ3v) is 1.77. The van der Waals surface area contributed by atoms with E-state index in [1.54, 1.807) is 11.7 Å². The molecule has 4 heteroatoms. The molecule has 0 unspecified atom stereocenters. The molecule has 0 aliphatic rings. The summed E-state index contributed by atoms with van der Waals surface area (Å²) in [5.74, 6) is 0. The molecule has 2 aromatic rings. The zero-order valence-corrected chi connectivity index (χ0v) is 10.9. The van der Waals surface area contributed by atoms with Gasteiger partial charge in [-0.25, -0.2) is 17.2 Å². The summed E-state index contributed by atoms with van der Waals surface area (Å²) in [6.45, 7) is 2.03. The molecule has 1 heterocycles. The molecule has 0 N–H and O–H groups in total. The predicted molar refractivity (Wildman–Crippen MR) is 48.8 cm³/mol. The van der Waals surface area contributed by atoms with Crippen molar-refractivity contribution in [3.63, 3.8) is 0 Å². The van der Waals surface area contributed by atoms with Gasteiger partial charge in [0.05, 0.1) is 0 Å². The fourth-order valence-corrected chi connectivity index (χ4v) is 1.07. The van der Waals surface area contributed by atoms with E-state index in [0.717, 1.165) is 11.3 Å². The molecule has 0 atom stereocenters. The van der Waals surface area contributed by atoms with Crippen molar-refractivity contribution in [2.45, 2.75) is 6.92 Å². The van der Waals surface area contributed by atoms with Crippen molar-refractivity contribution in [2.75, 3.05) is 0 Å². The third-order valence-electron chi connectivity index (χ3n) is 1.77. The summed E-state index contributed by atoms with van der Waals surface area (Å²) in [7, 11) is 1.80. The fraction of sp³-hybridized carbons (Fsp3) is 0.200. The molecule has 3 nitrogen and oxygen atoms in total. The van der Waals surface area contributed by atoms with Crippen LogP contribution in [-0.2, 0) is 28.1 Å². The SMILES string of the molecule is Cc1c[c-]c(-c2[c-]n(C)nn2)cc1.[W+2]. The number of hydrogen-bond donors (Lipinski definition) is 0. The molecule has 14 heavy (non-hydrogen) atoms. The zero-order valence-electron chi connectivity index (χ0n) is 7.98. The van der Waals surface area contributed by atoms with E-state index in [1.165, 1.54) is 5.56 Å². The normalized spacial score (nSPS) is 9.57. The molecule has 0 amide bonds. The summed E-state index contributed by atoms with van der Waals surface area (Å²) < 4.78 is 1.56. The minimum atomic E-state index is 0. The van der Waals surface area contributed by atoms with E-state index in [0.29, 0.717) is 0 Å². The Kier molecular flexibility index (Phi) is 3.59. The van der Waals surface area contributed by atoms with Crippen LogP contribution in [0.1, 0.15) is 5.56 Å². The predicted octanol–water partition coefficient (Wildman–Crippen LogP) is 1.39. The molecule has 0 saturated carbocycles. The van der Waals surface area contributed by atoms with Crippen LogP contribution in [0.2, 0.25) is 0 Å². The molecular formula is C10H9N3W. The second-order valence-corrected chi connectivity index (χ2v) is 2.95. The van der Waals surface area contributed by atoms with Gasteiger partial charge >= 0.3 is 21.1 Å². The van der Waals surface area contributed by atoms with Gasteiger partial charge in [0.2, 0.25) is 0 Å². The number of aryl methyl sites for hydroxylation is 2. The molecule has 0 saturated heterocycles. The largest absolute Gasteiger partial charge is 2.00 e. The number of aromatic nitrogens is 3. The van der Waals surface area contributed by atoms with Gasteiger partial charge in [-0.05, 0) is 0 Å². The Morgan fingerprint density at radius 3 is 2.64 bits per heavy atom. The molecule has 0 radical (unpaired) electrons. The first-order valence-corrected chi connectivity index (χ1v) is 4.03. The minimum absolute atomic E-state index is 0. The average Bonchev–Trinajstić information content (AvgIpc) is 2.53. The van der Waals surface area contributed by atoms with Crippen molar-refractivity contribution in [3.8, 4) is 11.3 Å². The van der Waals surface area contributed by atoms with Crippen LogP contribution in [0.5, 0.6) is 0 Å². The molecule has 0 fully saturated rings. The van der Waals surface area contributed by atoms with E-state index >= 15 is 0 Å². The standard InChI is InChI=1S/C10H9N3.W/c1-8-3-5-9(6-4-8)10-7-13(2)12-11-10;/h3-5H,1-2H3;/q-2;+2. The first-order valence-electron chi connectivity index (χ1n) is 4.03. The number of rotatable bonds is 1. The second kappa shape index (κ2) is 4.51. The smallest absolute Gasteiger partial charge is 0.351 e. The van der Waals surface area contributed by atoms with Crippen LogP contribution in [-0.4, -0.2) is 15.0 Å². The van der Waals surface area contributed by atoms with E-state index < -0.39 is 0 Å². The monoisotopic (exact) mass is 355 g/mol. The van der Waals surface area contributed by atoms with E-state index in [-0.39, 0.29) is 21.1 Å². The van der Waals surface area contributed by atoms with Crippen molar-refractivity contribution in [1.29, 1.82) is 0 Å². The number of nitrogens with zero attached hydrogens (tertiary/aromatic N) is 3. The molecule has 70 valence electrons. The van der Waals surface area contributed by atoms with Gasteiger partial charge in [0.15, 0.2) is 0 Å². The Hall–Kier alpha value is -0.952. The van der Waals surface area contributed by atoms with Gasteiger partial charge < -0.3 is 4.68 Å². The molecule has 1 aromatic heterocycles. The summed E-state index contributed by atoms with van der Waals surface area (Å²) >= 11 is 0. The Morgan fingerprint density at radius 1 is 1.36 bits per heavy atom. The average molecular weight is 355 g/mol. The molecule has 0 spiro atoms. The van der Waals surface area contributed by atoms with Crippen LogP contribution in [0.3, 0.4) is 0 Å². The van der Waals surface area contributed by atoms with Gasteiger partial charge in [0, 0.05) is 7.05 Å². The van der Waals surface area contributed by atoms with Crippen molar-refractivity contribution in [3.05, 3.63) is 36.0 Å². The molecular weight excluding hydrogens is 346 g/mol. The first-order chi connectivity index (χ1) is 6.25. The summed E-state index contributed by atoms with van der Waals surface area (Å²) in [4.78, 5) is 0. The fourth-order valence-electron chi connectivity index (χ4n) is 1.07. The Morgan fingerprint density at radius 2 is 2.14 bits per heavy atom. The van der Waals surface area contributed by atoms with Crippen LogP contribution in [0.4, 0.5) is 0 Å². The number of hydrogen-bond acceptors (Lipinski definition) is 2. The van der Waals surface area contributed by atoms with Gasteiger partial charge in [0.1, 0.15) is 0 Å². The maximum Gasteiger partial charge on any atom is 2.00 e. The Bertz CT molecular complexity index is 406. The summed E-state index contributed by atoms with van der Waals surface area (Å²) in [5, 5.41) is 7.75. The molecule has 1 aromatic carbocycles. The Balaban J connectivity index is 0.000000980. The van der Waals surface area contributed by atoms with Crippen molar-refractivity contribution in [2.24, 2.45) is 7.05 Å². The minimum Gasteiger partial charge on any atom is -0.351 e. The van der Waals surface area contributed by atoms with Gasteiger partial charge in [-0.2, -0.15) is 18.3 Å². The van der Waals surface area contributed by atoms with Crippen LogP contribution in [0.15, 0.2) is 18.2 Å². The maximum absolute atomic E-state index is 3.94. The quantitative estimate of drug-likeness (QED) is 0.724. The van der Waals surface area contributed by atoms with Crippen molar-refractivity contribution in [1.82, 2.24) is 15.0 Å². The van der Waals surface area contributed by atoms with Gasteiger partial charge in [-0.1, -0.05) is 12.1 Å².